The van der Waals surface area contributed by atoms with Crippen molar-refractivity contribution >= 4 is 22.6 Å². The van der Waals surface area contributed by atoms with E-state index in [1.54, 1.807) is 0 Å². The van der Waals surface area contributed by atoms with Gasteiger partial charge in [0.05, 0.1) is 17.6 Å². The molecule has 0 aliphatic rings. The summed E-state index contributed by atoms with van der Waals surface area (Å²) >= 11 is 5.88. The lowest BCUT2D eigenvalue weighted by atomic mass is 10.3. The molecule has 0 atom stereocenters. The van der Waals surface area contributed by atoms with Gasteiger partial charge in [-0.3, -0.25) is 0 Å². The summed E-state index contributed by atoms with van der Waals surface area (Å²) in [4.78, 5) is 4.78. The number of aryl methyl sites for hydroxylation is 1. The summed E-state index contributed by atoms with van der Waals surface area (Å²) in [5.41, 5.74) is 2.29. The lowest BCUT2D eigenvalue weighted by Gasteiger charge is -2.10. The Kier molecular flexibility index (Phi) is 6.31. The highest BCUT2D eigenvalue weighted by atomic mass is 35.5. The molecule has 0 saturated heterocycles. The van der Waals surface area contributed by atoms with Crippen molar-refractivity contribution in [3.8, 4) is 5.75 Å². The van der Waals surface area contributed by atoms with Gasteiger partial charge >= 0.3 is 0 Å². The van der Waals surface area contributed by atoms with E-state index in [2.05, 4.69) is 28.1 Å². The van der Waals surface area contributed by atoms with Gasteiger partial charge < -0.3 is 14.6 Å². The standard InChI is InChI=1S/C20H24ClN3O/c1-22-13-12-20-23-18-6-2-3-7-19(18)24(20)14-4-5-15-25-17-10-8-16(21)9-11-17/h2-3,6-11,22H,4-5,12-15H2,1H3. The molecule has 0 saturated carbocycles. The zero-order valence-corrected chi connectivity index (χ0v) is 15.3. The van der Waals surface area contributed by atoms with Gasteiger partial charge in [-0.1, -0.05) is 23.7 Å². The molecule has 25 heavy (non-hydrogen) atoms. The minimum atomic E-state index is 0.708. The Balaban J connectivity index is 1.55. The summed E-state index contributed by atoms with van der Waals surface area (Å²) in [6.45, 7) is 2.60. The van der Waals surface area contributed by atoms with E-state index >= 15 is 0 Å². The lowest BCUT2D eigenvalue weighted by molar-refractivity contribution is 0.303. The van der Waals surface area contributed by atoms with Gasteiger partial charge in [-0.05, 0) is 56.3 Å². The molecule has 132 valence electrons. The van der Waals surface area contributed by atoms with Gasteiger partial charge in [-0.15, -0.1) is 0 Å². The maximum absolute atomic E-state index is 5.88. The number of ether oxygens (including phenoxy) is 1. The third-order valence-corrected chi connectivity index (χ3v) is 4.44. The van der Waals surface area contributed by atoms with Gasteiger partial charge in [0.2, 0.25) is 0 Å². The summed E-state index contributed by atoms with van der Waals surface area (Å²) in [6.07, 6.45) is 2.99. The highest BCUT2D eigenvalue weighted by molar-refractivity contribution is 6.30. The number of hydrogen-bond acceptors (Lipinski definition) is 3. The Bertz CT molecular complexity index is 798. The average molecular weight is 358 g/mol. The Morgan fingerprint density at radius 2 is 1.88 bits per heavy atom. The van der Waals surface area contributed by atoms with Crippen LogP contribution in [-0.2, 0) is 13.0 Å². The summed E-state index contributed by atoms with van der Waals surface area (Å²) in [5, 5.41) is 3.93. The number of imidazole rings is 1. The van der Waals surface area contributed by atoms with E-state index in [1.165, 1.54) is 5.52 Å². The second kappa shape index (κ2) is 8.88. The maximum atomic E-state index is 5.88. The van der Waals surface area contributed by atoms with Crippen LogP contribution in [0.15, 0.2) is 48.5 Å². The average Bonchev–Trinajstić information content (AvgIpc) is 2.99. The molecule has 0 bridgehead atoms. The van der Waals surface area contributed by atoms with E-state index < -0.39 is 0 Å². The molecule has 3 rings (SSSR count). The van der Waals surface area contributed by atoms with Gasteiger partial charge in [0, 0.05) is 24.5 Å². The van der Waals surface area contributed by atoms with Crippen molar-refractivity contribution in [3.05, 3.63) is 59.4 Å². The third-order valence-electron chi connectivity index (χ3n) is 4.19. The first kappa shape index (κ1) is 17.8. The van der Waals surface area contributed by atoms with Crippen molar-refractivity contribution < 1.29 is 4.74 Å². The second-order valence-corrected chi connectivity index (χ2v) is 6.47. The molecule has 0 radical (unpaired) electrons. The van der Waals surface area contributed by atoms with Crippen LogP contribution < -0.4 is 10.1 Å². The number of rotatable bonds is 9. The third kappa shape index (κ3) is 4.74. The number of likely N-dealkylation sites (N-methyl/N-ethyl adjacent to an activating group) is 1. The quantitative estimate of drug-likeness (QED) is 0.580. The van der Waals surface area contributed by atoms with E-state index in [4.69, 9.17) is 21.3 Å². The van der Waals surface area contributed by atoms with Crippen molar-refractivity contribution in [2.24, 2.45) is 0 Å². The Hall–Kier alpha value is -2.04. The highest BCUT2D eigenvalue weighted by Crippen LogP contribution is 2.18. The van der Waals surface area contributed by atoms with Crippen LogP contribution >= 0.6 is 11.6 Å². The van der Waals surface area contributed by atoms with E-state index in [9.17, 15) is 0 Å². The van der Waals surface area contributed by atoms with Crippen molar-refractivity contribution in [1.29, 1.82) is 0 Å². The fourth-order valence-corrected chi connectivity index (χ4v) is 3.02. The number of nitrogens with zero attached hydrogens (tertiary/aromatic N) is 2. The van der Waals surface area contributed by atoms with E-state index in [1.807, 2.05) is 37.4 Å². The molecular formula is C20H24ClN3O. The van der Waals surface area contributed by atoms with Crippen LogP contribution in [-0.4, -0.2) is 29.8 Å². The molecular weight excluding hydrogens is 334 g/mol. The fraction of sp³-hybridized carbons (Fsp3) is 0.350. The number of nitrogens with one attached hydrogen (secondary N) is 1. The van der Waals surface area contributed by atoms with Crippen LogP contribution in [0.3, 0.4) is 0 Å². The largest absolute Gasteiger partial charge is 0.494 e. The number of hydrogen-bond donors (Lipinski definition) is 1. The molecule has 5 heteroatoms. The normalized spacial score (nSPS) is 11.1. The summed E-state index contributed by atoms with van der Waals surface area (Å²) in [6, 6.07) is 15.9. The Morgan fingerprint density at radius 1 is 1.08 bits per heavy atom. The Morgan fingerprint density at radius 3 is 2.68 bits per heavy atom. The molecule has 0 spiro atoms. The minimum absolute atomic E-state index is 0.708. The molecule has 1 heterocycles. The van der Waals surface area contributed by atoms with Crippen LogP contribution in [0.2, 0.25) is 5.02 Å². The molecule has 0 unspecified atom stereocenters. The van der Waals surface area contributed by atoms with Crippen LogP contribution in [0.4, 0.5) is 0 Å². The van der Waals surface area contributed by atoms with E-state index in [0.717, 1.165) is 54.5 Å². The van der Waals surface area contributed by atoms with Crippen LogP contribution in [0.1, 0.15) is 18.7 Å². The van der Waals surface area contributed by atoms with Gasteiger partial charge in [0.15, 0.2) is 0 Å². The van der Waals surface area contributed by atoms with Crippen molar-refractivity contribution in [2.75, 3.05) is 20.2 Å². The number of benzene rings is 2. The molecule has 3 aromatic rings. The maximum Gasteiger partial charge on any atom is 0.119 e. The number of unbranched alkanes of at least 4 members (excludes halogenated alkanes) is 1. The zero-order chi connectivity index (χ0) is 17.5. The fourth-order valence-electron chi connectivity index (χ4n) is 2.90. The first-order valence-corrected chi connectivity index (χ1v) is 9.13. The van der Waals surface area contributed by atoms with Crippen molar-refractivity contribution in [1.82, 2.24) is 14.9 Å². The lowest BCUT2D eigenvalue weighted by Crippen LogP contribution is -2.14. The summed E-state index contributed by atoms with van der Waals surface area (Å²) < 4.78 is 8.11. The minimum Gasteiger partial charge on any atom is -0.494 e. The molecule has 0 fully saturated rings. The molecule has 0 aliphatic heterocycles. The van der Waals surface area contributed by atoms with Gasteiger partial charge in [0.25, 0.3) is 0 Å². The van der Waals surface area contributed by atoms with Gasteiger partial charge in [-0.2, -0.15) is 0 Å². The molecule has 0 aliphatic carbocycles. The monoisotopic (exact) mass is 357 g/mol. The summed E-state index contributed by atoms with van der Waals surface area (Å²) in [7, 11) is 1.97. The molecule has 1 N–H and O–H groups in total. The van der Waals surface area contributed by atoms with Crippen LogP contribution in [0.25, 0.3) is 11.0 Å². The van der Waals surface area contributed by atoms with Crippen molar-refractivity contribution in [3.63, 3.8) is 0 Å². The SMILES string of the molecule is CNCCc1nc2ccccc2n1CCCCOc1ccc(Cl)cc1. The van der Waals surface area contributed by atoms with Gasteiger partial charge in [-0.25, -0.2) is 4.98 Å². The predicted molar refractivity (Wildman–Crippen MR) is 104 cm³/mol. The number of halogens is 1. The smallest absolute Gasteiger partial charge is 0.119 e. The second-order valence-electron chi connectivity index (χ2n) is 6.03. The van der Waals surface area contributed by atoms with Crippen LogP contribution in [0.5, 0.6) is 5.75 Å². The topological polar surface area (TPSA) is 39.1 Å². The van der Waals surface area contributed by atoms with Crippen LogP contribution in [0, 0.1) is 0 Å². The molecule has 2 aromatic carbocycles. The molecule has 4 nitrogen and oxygen atoms in total. The first-order valence-electron chi connectivity index (χ1n) is 8.75. The molecule has 1 aromatic heterocycles. The van der Waals surface area contributed by atoms with Gasteiger partial charge in [0.1, 0.15) is 11.6 Å². The summed E-state index contributed by atoms with van der Waals surface area (Å²) in [5.74, 6) is 2.02. The zero-order valence-electron chi connectivity index (χ0n) is 14.5. The number of para-hydroxylation sites is 2. The predicted octanol–water partition coefficient (Wildman–Crippen LogP) is 4.31. The highest BCUT2D eigenvalue weighted by Gasteiger charge is 2.09. The van der Waals surface area contributed by atoms with E-state index in [0.29, 0.717) is 6.61 Å². The van der Waals surface area contributed by atoms with E-state index in [-0.39, 0.29) is 0 Å². The molecule has 0 amide bonds. The Labute approximate surface area is 153 Å². The number of fused-ring (bicyclic) bond motifs is 1. The number of aromatic nitrogens is 2. The van der Waals surface area contributed by atoms with Crippen molar-refractivity contribution in [2.45, 2.75) is 25.8 Å². The first-order chi connectivity index (χ1) is 12.3.